The van der Waals surface area contributed by atoms with Crippen LogP contribution in [0.4, 0.5) is 0 Å². The number of allylic oxidation sites excluding steroid dienone is 1. The smallest absolute Gasteiger partial charge is 0.230 e. The summed E-state index contributed by atoms with van der Waals surface area (Å²) in [5.41, 5.74) is 1.08. The normalized spacial score (nSPS) is 16.4. The third kappa shape index (κ3) is 2.57. The van der Waals surface area contributed by atoms with Crippen LogP contribution < -0.4 is 0 Å². The van der Waals surface area contributed by atoms with Crippen molar-refractivity contribution in [3.8, 4) is 0 Å². The standard InChI is InChI=1S/C13H13NO2/c15-12-7-4-8-14(13(16)9-12)10-11-5-2-1-3-6-11/h1-7H,8-10H2. The summed E-state index contributed by atoms with van der Waals surface area (Å²) in [6.07, 6.45) is 3.22. The van der Waals surface area contributed by atoms with E-state index in [1.807, 2.05) is 30.3 Å². The van der Waals surface area contributed by atoms with Gasteiger partial charge in [-0.15, -0.1) is 0 Å². The van der Waals surface area contributed by atoms with E-state index in [0.29, 0.717) is 13.1 Å². The molecule has 82 valence electrons. The van der Waals surface area contributed by atoms with Gasteiger partial charge in [0.15, 0.2) is 5.78 Å². The van der Waals surface area contributed by atoms with E-state index in [0.717, 1.165) is 5.56 Å². The highest BCUT2D eigenvalue weighted by Crippen LogP contribution is 2.08. The van der Waals surface area contributed by atoms with Crippen LogP contribution in [0.25, 0.3) is 0 Å². The lowest BCUT2D eigenvalue weighted by Gasteiger charge is -2.19. The zero-order valence-corrected chi connectivity index (χ0v) is 8.93. The van der Waals surface area contributed by atoms with Crippen molar-refractivity contribution in [1.82, 2.24) is 4.90 Å². The molecule has 0 spiro atoms. The number of ketones is 1. The Balaban J connectivity index is 2.07. The Labute approximate surface area is 94.4 Å². The van der Waals surface area contributed by atoms with E-state index in [1.165, 1.54) is 6.08 Å². The van der Waals surface area contributed by atoms with Gasteiger partial charge in [-0.25, -0.2) is 0 Å². The highest BCUT2D eigenvalue weighted by molar-refractivity contribution is 6.04. The van der Waals surface area contributed by atoms with Gasteiger partial charge >= 0.3 is 0 Å². The zero-order valence-electron chi connectivity index (χ0n) is 8.93. The van der Waals surface area contributed by atoms with Crippen LogP contribution in [-0.2, 0) is 16.1 Å². The Bertz CT molecular complexity index is 423. The molecule has 0 atom stereocenters. The van der Waals surface area contributed by atoms with Crippen molar-refractivity contribution in [3.63, 3.8) is 0 Å². The molecule has 0 N–H and O–H groups in total. The fourth-order valence-electron chi connectivity index (χ4n) is 1.69. The first kappa shape index (κ1) is 10.6. The molecule has 0 unspecified atom stereocenters. The van der Waals surface area contributed by atoms with Crippen LogP contribution in [0.3, 0.4) is 0 Å². The van der Waals surface area contributed by atoms with E-state index in [2.05, 4.69) is 0 Å². The van der Waals surface area contributed by atoms with Gasteiger partial charge < -0.3 is 4.90 Å². The Morgan fingerprint density at radius 1 is 1.12 bits per heavy atom. The summed E-state index contributed by atoms with van der Waals surface area (Å²) in [4.78, 5) is 24.5. The van der Waals surface area contributed by atoms with Gasteiger partial charge in [0, 0.05) is 13.1 Å². The van der Waals surface area contributed by atoms with E-state index in [9.17, 15) is 9.59 Å². The monoisotopic (exact) mass is 215 g/mol. The predicted octanol–water partition coefficient (Wildman–Crippen LogP) is 1.54. The van der Waals surface area contributed by atoms with Crippen LogP contribution in [0, 0.1) is 0 Å². The minimum atomic E-state index is -0.111. The number of hydrogen-bond donors (Lipinski definition) is 0. The number of nitrogens with zero attached hydrogens (tertiary/aromatic N) is 1. The van der Waals surface area contributed by atoms with Crippen molar-refractivity contribution in [2.75, 3.05) is 6.54 Å². The van der Waals surface area contributed by atoms with Crippen LogP contribution in [0.5, 0.6) is 0 Å². The summed E-state index contributed by atoms with van der Waals surface area (Å²) in [6.45, 7) is 1.08. The van der Waals surface area contributed by atoms with Crippen molar-refractivity contribution in [1.29, 1.82) is 0 Å². The summed E-state index contributed by atoms with van der Waals surface area (Å²) < 4.78 is 0. The molecule has 0 saturated heterocycles. The fraction of sp³-hybridized carbons (Fsp3) is 0.231. The average Bonchev–Trinajstić information content (AvgIpc) is 2.43. The maximum atomic E-state index is 11.7. The van der Waals surface area contributed by atoms with E-state index < -0.39 is 0 Å². The molecule has 16 heavy (non-hydrogen) atoms. The summed E-state index contributed by atoms with van der Waals surface area (Å²) in [5, 5.41) is 0. The van der Waals surface area contributed by atoms with Crippen molar-refractivity contribution < 1.29 is 9.59 Å². The molecule has 0 fully saturated rings. The Kier molecular flexibility index (Phi) is 3.15. The number of benzene rings is 1. The Hall–Kier alpha value is -1.90. The van der Waals surface area contributed by atoms with Crippen molar-refractivity contribution in [2.24, 2.45) is 0 Å². The second kappa shape index (κ2) is 4.75. The van der Waals surface area contributed by atoms with Gasteiger partial charge in [-0.2, -0.15) is 0 Å². The number of hydrogen-bond acceptors (Lipinski definition) is 2. The average molecular weight is 215 g/mol. The molecule has 0 radical (unpaired) electrons. The number of amides is 1. The first-order valence-corrected chi connectivity index (χ1v) is 5.27. The molecular formula is C13H13NO2. The predicted molar refractivity (Wildman–Crippen MR) is 60.6 cm³/mol. The van der Waals surface area contributed by atoms with Crippen LogP contribution >= 0.6 is 0 Å². The van der Waals surface area contributed by atoms with Gasteiger partial charge in [0.2, 0.25) is 5.91 Å². The van der Waals surface area contributed by atoms with Gasteiger partial charge in [-0.3, -0.25) is 9.59 Å². The molecular weight excluding hydrogens is 202 g/mol. The van der Waals surface area contributed by atoms with E-state index >= 15 is 0 Å². The lowest BCUT2D eigenvalue weighted by atomic mass is 10.2. The lowest BCUT2D eigenvalue weighted by molar-refractivity contribution is -0.133. The first-order valence-electron chi connectivity index (χ1n) is 5.27. The maximum absolute atomic E-state index is 11.7. The van der Waals surface area contributed by atoms with Crippen molar-refractivity contribution >= 4 is 11.7 Å². The molecule has 0 bridgehead atoms. The molecule has 0 aromatic heterocycles. The number of rotatable bonds is 2. The SMILES string of the molecule is O=C1C=CCN(Cc2ccccc2)C(=O)C1. The molecule has 1 aliphatic rings. The van der Waals surface area contributed by atoms with Crippen LogP contribution in [0.2, 0.25) is 0 Å². The van der Waals surface area contributed by atoms with Gasteiger partial charge in [0.1, 0.15) is 0 Å². The van der Waals surface area contributed by atoms with Gasteiger partial charge in [0.05, 0.1) is 6.42 Å². The molecule has 0 aliphatic carbocycles. The molecule has 1 aromatic carbocycles. The van der Waals surface area contributed by atoms with Gasteiger partial charge in [-0.1, -0.05) is 36.4 Å². The quantitative estimate of drug-likeness (QED) is 0.702. The topological polar surface area (TPSA) is 37.4 Å². The molecule has 2 rings (SSSR count). The molecule has 1 aromatic rings. The van der Waals surface area contributed by atoms with Gasteiger partial charge in [-0.05, 0) is 11.6 Å². The molecule has 3 nitrogen and oxygen atoms in total. The second-order valence-electron chi connectivity index (χ2n) is 3.81. The fourth-order valence-corrected chi connectivity index (χ4v) is 1.69. The zero-order chi connectivity index (χ0) is 11.4. The highest BCUT2D eigenvalue weighted by atomic mass is 16.2. The van der Waals surface area contributed by atoms with E-state index in [4.69, 9.17) is 0 Å². The Morgan fingerprint density at radius 2 is 1.88 bits per heavy atom. The summed E-state index contributed by atoms with van der Waals surface area (Å²) in [6, 6.07) is 9.78. The summed E-state index contributed by atoms with van der Waals surface area (Å²) >= 11 is 0. The molecule has 1 heterocycles. The number of carbonyl (C=O) groups excluding carboxylic acids is 2. The van der Waals surface area contributed by atoms with Crippen molar-refractivity contribution in [3.05, 3.63) is 48.0 Å². The van der Waals surface area contributed by atoms with Gasteiger partial charge in [0.25, 0.3) is 0 Å². The van der Waals surface area contributed by atoms with Crippen LogP contribution in [0.15, 0.2) is 42.5 Å². The lowest BCUT2D eigenvalue weighted by Crippen LogP contribution is -2.30. The third-order valence-electron chi connectivity index (χ3n) is 2.52. The first-order chi connectivity index (χ1) is 7.75. The van der Waals surface area contributed by atoms with Crippen LogP contribution in [0.1, 0.15) is 12.0 Å². The second-order valence-corrected chi connectivity index (χ2v) is 3.81. The molecule has 1 amide bonds. The van der Waals surface area contributed by atoms with Crippen LogP contribution in [-0.4, -0.2) is 23.1 Å². The summed E-state index contributed by atoms with van der Waals surface area (Å²) in [5.74, 6) is -0.209. The minimum absolute atomic E-state index is 0.0106. The minimum Gasteiger partial charge on any atom is -0.334 e. The largest absolute Gasteiger partial charge is 0.334 e. The van der Waals surface area contributed by atoms with Crippen molar-refractivity contribution in [2.45, 2.75) is 13.0 Å². The molecule has 1 aliphatic heterocycles. The summed E-state index contributed by atoms with van der Waals surface area (Å²) in [7, 11) is 0. The maximum Gasteiger partial charge on any atom is 0.230 e. The highest BCUT2D eigenvalue weighted by Gasteiger charge is 2.17. The molecule has 0 saturated carbocycles. The molecule has 3 heteroatoms. The third-order valence-corrected chi connectivity index (χ3v) is 2.52. The van der Waals surface area contributed by atoms with E-state index in [1.54, 1.807) is 11.0 Å². The van der Waals surface area contributed by atoms with E-state index in [-0.39, 0.29) is 18.1 Å². The Morgan fingerprint density at radius 3 is 2.62 bits per heavy atom. The number of carbonyl (C=O) groups is 2.